The molecule has 118 valence electrons. The highest BCUT2D eigenvalue weighted by Crippen LogP contribution is 2.21. The summed E-state index contributed by atoms with van der Waals surface area (Å²) >= 11 is 3.33. The van der Waals surface area contributed by atoms with Gasteiger partial charge in [-0.2, -0.15) is 4.72 Å². The number of aryl methyl sites for hydroxylation is 1. The topological polar surface area (TPSA) is 72.5 Å². The molecular weight excluding hydrogens is 358 g/mol. The predicted octanol–water partition coefficient (Wildman–Crippen LogP) is 2.62. The maximum Gasteiger partial charge on any atom is 0.324 e. The average Bonchev–Trinajstić information content (AvgIpc) is 2.45. The molecule has 0 heterocycles. The van der Waals surface area contributed by atoms with E-state index in [-0.39, 0.29) is 10.8 Å². The maximum absolute atomic E-state index is 12.4. The van der Waals surface area contributed by atoms with Crippen LogP contribution in [0.3, 0.4) is 0 Å². The molecule has 21 heavy (non-hydrogen) atoms. The van der Waals surface area contributed by atoms with Gasteiger partial charge in [0.1, 0.15) is 6.04 Å². The molecule has 0 fully saturated rings. The van der Waals surface area contributed by atoms with Crippen molar-refractivity contribution in [2.45, 2.75) is 38.1 Å². The molecule has 0 unspecified atom stereocenters. The summed E-state index contributed by atoms with van der Waals surface area (Å²) in [6.07, 6.45) is 0.654. The second-order valence-corrected chi connectivity index (χ2v) is 7.49. The second-order valence-electron chi connectivity index (χ2n) is 4.92. The number of carbonyl (C=O) groups is 1. The quantitative estimate of drug-likeness (QED) is 0.773. The molecule has 0 aromatic heterocycles. The van der Waals surface area contributed by atoms with Crippen LogP contribution in [0.25, 0.3) is 0 Å². The van der Waals surface area contributed by atoms with Crippen LogP contribution in [-0.2, 0) is 19.6 Å². The van der Waals surface area contributed by atoms with Gasteiger partial charge in [-0.05, 0) is 36.6 Å². The van der Waals surface area contributed by atoms with Gasteiger partial charge in [0.05, 0.1) is 12.0 Å². The van der Waals surface area contributed by atoms with Crippen LogP contribution in [0.15, 0.2) is 27.6 Å². The zero-order valence-electron chi connectivity index (χ0n) is 12.5. The van der Waals surface area contributed by atoms with E-state index in [1.807, 2.05) is 6.92 Å². The number of esters is 1. The Labute approximate surface area is 134 Å². The van der Waals surface area contributed by atoms with Crippen molar-refractivity contribution in [1.82, 2.24) is 4.72 Å². The Hall–Kier alpha value is -0.920. The number of halogens is 1. The van der Waals surface area contributed by atoms with Crippen molar-refractivity contribution in [3.05, 3.63) is 28.2 Å². The fourth-order valence-corrected chi connectivity index (χ4v) is 3.40. The van der Waals surface area contributed by atoms with Crippen LogP contribution in [0.4, 0.5) is 0 Å². The highest BCUT2D eigenvalue weighted by atomic mass is 79.9. The van der Waals surface area contributed by atoms with E-state index in [0.29, 0.717) is 6.42 Å². The van der Waals surface area contributed by atoms with Crippen molar-refractivity contribution in [3.63, 3.8) is 0 Å². The SMILES string of the molecule is CC[C@@H](C)[C@H](NS(=O)(=O)c1ccc(Br)c(C)c1)C(=O)OC. The molecule has 0 aliphatic carbocycles. The normalized spacial score (nSPS) is 14.5. The number of nitrogens with one attached hydrogen (secondary N) is 1. The molecule has 0 spiro atoms. The lowest BCUT2D eigenvalue weighted by molar-refractivity contribution is -0.143. The number of sulfonamides is 1. The van der Waals surface area contributed by atoms with Gasteiger partial charge in [-0.25, -0.2) is 8.42 Å². The lowest BCUT2D eigenvalue weighted by atomic mass is 10.0. The summed E-state index contributed by atoms with van der Waals surface area (Å²) < 4.78 is 32.8. The van der Waals surface area contributed by atoms with Crippen molar-refractivity contribution in [2.24, 2.45) is 5.92 Å². The Morgan fingerprint density at radius 1 is 1.43 bits per heavy atom. The van der Waals surface area contributed by atoms with Gasteiger partial charge in [0.2, 0.25) is 10.0 Å². The molecule has 0 amide bonds. The Balaban J connectivity index is 3.11. The predicted molar refractivity (Wildman–Crippen MR) is 84.5 cm³/mol. The minimum absolute atomic E-state index is 0.125. The minimum Gasteiger partial charge on any atom is -0.468 e. The molecule has 5 nitrogen and oxygen atoms in total. The molecular formula is C14H20BrNO4S. The van der Waals surface area contributed by atoms with Crippen LogP contribution in [0.1, 0.15) is 25.8 Å². The molecule has 0 saturated carbocycles. The highest BCUT2D eigenvalue weighted by Gasteiger charge is 2.30. The molecule has 1 aromatic carbocycles. The van der Waals surface area contributed by atoms with Crippen LogP contribution >= 0.6 is 15.9 Å². The molecule has 7 heteroatoms. The van der Waals surface area contributed by atoms with Crippen molar-refractivity contribution < 1.29 is 17.9 Å². The van der Waals surface area contributed by atoms with E-state index in [2.05, 4.69) is 25.4 Å². The monoisotopic (exact) mass is 377 g/mol. The van der Waals surface area contributed by atoms with Crippen LogP contribution in [0.5, 0.6) is 0 Å². The standard InChI is InChI=1S/C14H20BrNO4S/c1-5-9(2)13(14(17)20-4)16-21(18,19)11-6-7-12(15)10(3)8-11/h6-9,13,16H,5H2,1-4H3/t9-,13+/m1/s1. The smallest absolute Gasteiger partial charge is 0.324 e. The molecule has 1 aromatic rings. The first kappa shape index (κ1) is 18.1. The third kappa shape index (κ3) is 4.52. The van der Waals surface area contributed by atoms with E-state index < -0.39 is 22.0 Å². The number of methoxy groups -OCH3 is 1. The van der Waals surface area contributed by atoms with E-state index in [1.165, 1.54) is 13.2 Å². The third-order valence-corrected chi connectivity index (χ3v) is 5.72. The molecule has 0 radical (unpaired) electrons. The zero-order chi connectivity index (χ0) is 16.2. The minimum atomic E-state index is -3.78. The number of benzene rings is 1. The molecule has 0 bridgehead atoms. The summed E-state index contributed by atoms with van der Waals surface area (Å²) in [5, 5.41) is 0. The number of rotatable bonds is 6. The zero-order valence-corrected chi connectivity index (χ0v) is 14.9. The van der Waals surface area contributed by atoms with E-state index in [1.54, 1.807) is 26.0 Å². The lowest BCUT2D eigenvalue weighted by Crippen LogP contribution is -2.45. The molecule has 1 N–H and O–H groups in total. The van der Waals surface area contributed by atoms with E-state index >= 15 is 0 Å². The van der Waals surface area contributed by atoms with E-state index in [9.17, 15) is 13.2 Å². The van der Waals surface area contributed by atoms with Crippen molar-refractivity contribution in [1.29, 1.82) is 0 Å². The largest absolute Gasteiger partial charge is 0.468 e. The van der Waals surface area contributed by atoms with Gasteiger partial charge < -0.3 is 4.74 Å². The van der Waals surface area contributed by atoms with Gasteiger partial charge in [-0.15, -0.1) is 0 Å². The van der Waals surface area contributed by atoms with Gasteiger partial charge in [-0.1, -0.05) is 36.2 Å². The fourth-order valence-electron chi connectivity index (χ4n) is 1.78. The summed E-state index contributed by atoms with van der Waals surface area (Å²) in [5.41, 5.74) is 0.802. The first-order valence-electron chi connectivity index (χ1n) is 6.59. The number of hydrogen-bond acceptors (Lipinski definition) is 4. The van der Waals surface area contributed by atoms with E-state index in [0.717, 1.165) is 10.0 Å². The second kappa shape index (κ2) is 7.38. The van der Waals surface area contributed by atoms with E-state index in [4.69, 9.17) is 0 Å². The third-order valence-electron chi connectivity index (χ3n) is 3.39. The van der Waals surface area contributed by atoms with Crippen LogP contribution in [0.2, 0.25) is 0 Å². The molecule has 2 atom stereocenters. The first-order chi connectivity index (χ1) is 9.72. The van der Waals surface area contributed by atoms with Gasteiger partial charge in [0.15, 0.2) is 0 Å². The molecule has 1 rings (SSSR count). The first-order valence-corrected chi connectivity index (χ1v) is 8.86. The van der Waals surface area contributed by atoms with Crippen molar-refractivity contribution in [2.75, 3.05) is 7.11 Å². The Morgan fingerprint density at radius 3 is 2.52 bits per heavy atom. The molecule has 0 aliphatic heterocycles. The van der Waals surface area contributed by atoms with Crippen LogP contribution in [-0.4, -0.2) is 27.5 Å². The Kier molecular flexibility index (Phi) is 6.37. The Morgan fingerprint density at radius 2 is 2.05 bits per heavy atom. The van der Waals surface area contributed by atoms with Crippen LogP contribution < -0.4 is 4.72 Å². The average molecular weight is 378 g/mol. The van der Waals surface area contributed by atoms with Gasteiger partial charge >= 0.3 is 5.97 Å². The van der Waals surface area contributed by atoms with Crippen molar-refractivity contribution >= 4 is 31.9 Å². The summed E-state index contributed by atoms with van der Waals surface area (Å²) in [4.78, 5) is 11.9. The summed E-state index contributed by atoms with van der Waals surface area (Å²) in [6, 6.07) is 3.82. The number of carbonyl (C=O) groups excluding carboxylic acids is 1. The Bertz CT molecular complexity index is 615. The fraction of sp³-hybridized carbons (Fsp3) is 0.500. The van der Waals surface area contributed by atoms with Gasteiger partial charge in [-0.3, -0.25) is 4.79 Å². The lowest BCUT2D eigenvalue weighted by Gasteiger charge is -2.21. The maximum atomic E-state index is 12.4. The summed E-state index contributed by atoms with van der Waals surface area (Å²) in [7, 11) is -2.53. The highest BCUT2D eigenvalue weighted by molar-refractivity contribution is 9.10. The molecule has 0 saturated heterocycles. The van der Waals surface area contributed by atoms with Gasteiger partial charge in [0.25, 0.3) is 0 Å². The van der Waals surface area contributed by atoms with Crippen molar-refractivity contribution in [3.8, 4) is 0 Å². The summed E-state index contributed by atoms with van der Waals surface area (Å²) in [6.45, 7) is 5.49. The number of ether oxygens (including phenoxy) is 1. The summed E-state index contributed by atoms with van der Waals surface area (Å²) in [5.74, 6) is -0.745. The number of hydrogen-bond donors (Lipinski definition) is 1. The molecule has 0 aliphatic rings. The van der Waals surface area contributed by atoms with Crippen LogP contribution in [0, 0.1) is 12.8 Å². The van der Waals surface area contributed by atoms with Gasteiger partial charge in [0, 0.05) is 4.47 Å².